The van der Waals surface area contributed by atoms with Crippen molar-refractivity contribution in [2.75, 3.05) is 10.6 Å². The molecule has 0 aliphatic carbocycles. The molecular formula is C21H18F3N3O. The van der Waals surface area contributed by atoms with Crippen LogP contribution in [0.3, 0.4) is 0 Å². The average molecular weight is 385 g/mol. The Morgan fingerprint density at radius 2 is 1.64 bits per heavy atom. The molecule has 2 N–H and O–H groups in total. The first-order valence-electron chi connectivity index (χ1n) is 8.65. The number of para-hydroxylation sites is 1. The summed E-state index contributed by atoms with van der Waals surface area (Å²) in [5.74, 6) is 0.159. The molecule has 7 heteroatoms. The molecule has 1 heterocycles. The first-order valence-corrected chi connectivity index (χ1v) is 8.65. The van der Waals surface area contributed by atoms with Crippen LogP contribution < -0.4 is 10.6 Å². The Balaban J connectivity index is 1.59. The largest absolute Gasteiger partial charge is 0.418 e. The first-order chi connectivity index (χ1) is 13.4. The Bertz CT molecular complexity index is 926. The van der Waals surface area contributed by atoms with Crippen molar-refractivity contribution in [3.8, 4) is 0 Å². The van der Waals surface area contributed by atoms with E-state index in [2.05, 4.69) is 15.6 Å². The molecule has 1 aromatic heterocycles. The second-order valence-corrected chi connectivity index (χ2v) is 6.13. The summed E-state index contributed by atoms with van der Waals surface area (Å²) < 4.78 is 39.2. The van der Waals surface area contributed by atoms with E-state index >= 15 is 0 Å². The van der Waals surface area contributed by atoms with Crippen molar-refractivity contribution in [1.82, 2.24) is 4.98 Å². The zero-order chi connectivity index (χ0) is 20.0. The van der Waals surface area contributed by atoms with Gasteiger partial charge in [-0.1, -0.05) is 42.5 Å². The number of pyridine rings is 1. The third-order valence-corrected chi connectivity index (χ3v) is 4.03. The number of hydrogen-bond donors (Lipinski definition) is 2. The van der Waals surface area contributed by atoms with Gasteiger partial charge in [-0.05, 0) is 36.2 Å². The molecule has 0 spiro atoms. The predicted octanol–water partition coefficient (Wildman–Crippen LogP) is 5.42. The van der Waals surface area contributed by atoms with Gasteiger partial charge in [-0.3, -0.25) is 4.79 Å². The van der Waals surface area contributed by atoms with E-state index in [1.807, 2.05) is 30.3 Å². The maximum absolute atomic E-state index is 13.1. The van der Waals surface area contributed by atoms with Crippen LogP contribution in [0.4, 0.5) is 30.4 Å². The van der Waals surface area contributed by atoms with Crippen LogP contribution in [-0.4, -0.2) is 10.9 Å². The van der Waals surface area contributed by atoms with Crippen molar-refractivity contribution >= 4 is 23.1 Å². The molecule has 1 amide bonds. The van der Waals surface area contributed by atoms with Gasteiger partial charge in [-0.15, -0.1) is 0 Å². The van der Waals surface area contributed by atoms with Crippen molar-refractivity contribution in [3.05, 3.63) is 84.1 Å². The zero-order valence-electron chi connectivity index (χ0n) is 14.8. The van der Waals surface area contributed by atoms with Gasteiger partial charge in [0.2, 0.25) is 5.91 Å². The van der Waals surface area contributed by atoms with Gasteiger partial charge in [0.1, 0.15) is 5.82 Å². The molecule has 3 rings (SSSR count). The third kappa shape index (κ3) is 5.33. The molecule has 0 aliphatic heterocycles. The summed E-state index contributed by atoms with van der Waals surface area (Å²) in [5, 5.41) is 5.39. The van der Waals surface area contributed by atoms with Crippen LogP contribution in [0.25, 0.3) is 0 Å². The zero-order valence-corrected chi connectivity index (χ0v) is 14.8. The Hall–Kier alpha value is -3.35. The number of carbonyl (C=O) groups is 1. The minimum atomic E-state index is -4.45. The lowest BCUT2D eigenvalue weighted by Crippen LogP contribution is -2.13. The summed E-state index contributed by atoms with van der Waals surface area (Å²) in [6.45, 7) is 0. The third-order valence-electron chi connectivity index (χ3n) is 4.03. The van der Waals surface area contributed by atoms with Crippen molar-refractivity contribution in [3.63, 3.8) is 0 Å². The molecule has 0 fully saturated rings. The fourth-order valence-electron chi connectivity index (χ4n) is 2.64. The van der Waals surface area contributed by atoms with Crippen LogP contribution >= 0.6 is 0 Å². The number of nitrogens with zero attached hydrogens (tertiary/aromatic N) is 1. The van der Waals surface area contributed by atoms with E-state index in [0.29, 0.717) is 24.3 Å². The van der Waals surface area contributed by atoms with Crippen molar-refractivity contribution < 1.29 is 18.0 Å². The van der Waals surface area contributed by atoms with Gasteiger partial charge in [0.15, 0.2) is 0 Å². The number of aryl methyl sites for hydroxylation is 1. The Morgan fingerprint density at radius 1 is 0.929 bits per heavy atom. The lowest BCUT2D eigenvalue weighted by Gasteiger charge is -2.14. The molecule has 0 bridgehead atoms. The molecule has 0 saturated heterocycles. The quantitative estimate of drug-likeness (QED) is 0.596. The number of anilines is 3. The standard InChI is InChI=1S/C21H18F3N3O/c22-21(23,24)17-8-4-5-9-18(17)26-16-11-12-19(25-14-16)27-20(28)13-10-15-6-2-1-3-7-15/h1-9,11-12,14,26H,10,13H2,(H,25,27,28). The fourth-order valence-corrected chi connectivity index (χ4v) is 2.64. The summed E-state index contributed by atoms with van der Waals surface area (Å²) >= 11 is 0. The average Bonchev–Trinajstić information content (AvgIpc) is 2.68. The smallest absolute Gasteiger partial charge is 0.354 e. The summed E-state index contributed by atoms with van der Waals surface area (Å²) in [6, 6.07) is 18.0. The predicted molar refractivity (Wildman–Crippen MR) is 102 cm³/mol. The van der Waals surface area contributed by atoms with Crippen LogP contribution in [0, 0.1) is 0 Å². The van der Waals surface area contributed by atoms with E-state index in [1.54, 1.807) is 12.1 Å². The SMILES string of the molecule is O=C(CCc1ccccc1)Nc1ccc(Nc2ccccc2C(F)(F)F)cn1. The van der Waals surface area contributed by atoms with Crippen molar-refractivity contribution in [2.45, 2.75) is 19.0 Å². The van der Waals surface area contributed by atoms with Crippen LogP contribution in [0.2, 0.25) is 0 Å². The second kappa shape index (κ2) is 8.56. The van der Waals surface area contributed by atoms with Gasteiger partial charge in [-0.25, -0.2) is 4.98 Å². The molecule has 0 atom stereocenters. The summed E-state index contributed by atoms with van der Waals surface area (Å²) in [6.07, 6.45) is -2.16. The van der Waals surface area contributed by atoms with E-state index in [0.717, 1.165) is 11.6 Å². The minimum Gasteiger partial charge on any atom is -0.354 e. The lowest BCUT2D eigenvalue weighted by molar-refractivity contribution is -0.136. The second-order valence-electron chi connectivity index (χ2n) is 6.13. The van der Waals surface area contributed by atoms with Crippen molar-refractivity contribution in [1.29, 1.82) is 0 Å². The molecule has 0 aliphatic rings. The van der Waals surface area contributed by atoms with Crippen LogP contribution in [0.5, 0.6) is 0 Å². The maximum atomic E-state index is 13.1. The number of benzene rings is 2. The van der Waals surface area contributed by atoms with E-state index < -0.39 is 11.7 Å². The molecule has 3 aromatic rings. The Labute approximate surface area is 160 Å². The highest BCUT2D eigenvalue weighted by Crippen LogP contribution is 2.35. The van der Waals surface area contributed by atoms with Crippen LogP contribution in [-0.2, 0) is 17.4 Å². The van der Waals surface area contributed by atoms with Gasteiger partial charge in [0.25, 0.3) is 0 Å². The van der Waals surface area contributed by atoms with Gasteiger partial charge in [-0.2, -0.15) is 13.2 Å². The highest BCUT2D eigenvalue weighted by molar-refractivity contribution is 5.90. The topological polar surface area (TPSA) is 54.0 Å². The number of carbonyl (C=O) groups excluding carboxylic acids is 1. The molecule has 0 saturated carbocycles. The molecule has 0 radical (unpaired) electrons. The summed E-state index contributed by atoms with van der Waals surface area (Å²) in [7, 11) is 0. The van der Waals surface area contributed by atoms with Crippen LogP contribution in [0.1, 0.15) is 17.5 Å². The minimum absolute atomic E-state index is 0.0588. The monoisotopic (exact) mass is 385 g/mol. The number of rotatable bonds is 6. The summed E-state index contributed by atoms with van der Waals surface area (Å²) in [5.41, 5.74) is 0.636. The molecule has 28 heavy (non-hydrogen) atoms. The Morgan fingerprint density at radius 3 is 2.32 bits per heavy atom. The number of alkyl halides is 3. The first kappa shape index (κ1) is 19.4. The number of aromatic nitrogens is 1. The molecule has 4 nitrogen and oxygen atoms in total. The van der Waals surface area contributed by atoms with Gasteiger partial charge in [0.05, 0.1) is 23.1 Å². The highest BCUT2D eigenvalue weighted by atomic mass is 19.4. The number of halogens is 3. The maximum Gasteiger partial charge on any atom is 0.418 e. The van der Waals surface area contributed by atoms with Crippen LogP contribution in [0.15, 0.2) is 72.9 Å². The summed E-state index contributed by atoms with van der Waals surface area (Å²) in [4.78, 5) is 16.1. The Kier molecular flexibility index (Phi) is 5.93. The van der Waals surface area contributed by atoms with Gasteiger partial charge in [0, 0.05) is 6.42 Å². The van der Waals surface area contributed by atoms with Crippen molar-refractivity contribution in [2.24, 2.45) is 0 Å². The van der Waals surface area contributed by atoms with Gasteiger partial charge >= 0.3 is 6.18 Å². The lowest BCUT2D eigenvalue weighted by atomic mass is 10.1. The van der Waals surface area contributed by atoms with Gasteiger partial charge < -0.3 is 10.6 Å². The van der Waals surface area contributed by atoms with E-state index in [4.69, 9.17) is 0 Å². The van der Waals surface area contributed by atoms with E-state index in [1.165, 1.54) is 24.4 Å². The molecule has 2 aromatic carbocycles. The molecule has 144 valence electrons. The number of hydrogen-bond acceptors (Lipinski definition) is 3. The number of nitrogens with one attached hydrogen (secondary N) is 2. The highest BCUT2D eigenvalue weighted by Gasteiger charge is 2.33. The molecular weight excluding hydrogens is 367 g/mol. The van der Waals surface area contributed by atoms with E-state index in [9.17, 15) is 18.0 Å². The van der Waals surface area contributed by atoms with E-state index in [-0.39, 0.29) is 11.6 Å². The number of amides is 1. The normalized spacial score (nSPS) is 11.1. The fraction of sp³-hybridized carbons (Fsp3) is 0.143. The molecule has 0 unspecified atom stereocenters.